The van der Waals surface area contributed by atoms with E-state index in [0.29, 0.717) is 27.5 Å². The molecule has 1 saturated carbocycles. The number of carbonyl (C=O) groups is 2. The van der Waals surface area contributed by atoms with E-state index in [2.05, 4.69) is 0 Å². The van der Waals surface area contributed by atoms with Crippen LogP contribution in [0.1, 0.15) is 63.9 Å². The summed E-state index contributed by atoms with van der Waals surface area (Å²) in [6.07, 6.45) is 6.18. The lowest BCUT2D eigenvalue weighted by atomic mass is 9.84. The van der Waals surface area contributed by atoms with Crippen molar-refractivity contribution in [2.45, 2.75) is 52.0 Å². The van der Waals surface area contributed by atoms with Gasteiger partial charge in [-0.3, -0.25) is 9.59 Å². The minimum atomic E-state index is -0.0373. The summed E-state index contributed by atoms with van der Waals surface area (Å²) in [6, 6.07) is 21.3. The first kappa shape index (κ1) is 19.7. The Morgan fingerprint density at radius 2 is 1.23 bits per heavy atom. The maximum atomic E-state index is 13.5. The van der Waals surface area contributed by atoms with E-state index in [1.54, 1.807) is 17.8 Å². The molecule has 0 bridgehead atoms. The molecule has 0 amide bonds. The zero-order chi connectivity index (χ0) is 20.5. The maximum absolute atomic E-state index is 13.5. The minimum Gasteiger partial charge on any atom is -0.289 e. The van der Waals surface area contributed by atoms with E-state index in [0.717, 1.165) is 14.7 Å². The molecule has 0 N–H and O–H groups in total. The van der Waals surface area contributed by atoms with Crippen LogP contribution in [0, 0.1) is 0 Å². The predicted octanol–water partition coefficient (Wildman–Crippen LogP) is 7.04. The maximum Gasteiger partial charge on any atom is 0.195 e. The third-order valence-corrected chi connectivity index (χ3v) is 8.28. The highest BCUT2D eigenvalue weighted by atomic mass is 32.2. The van der Waals surface area contributed by atoms with Gasteiger partial charge in [-0.2, -0.15) is 0 Å². The molecular weight excluding hydrogens is 408 g/mol. The van der Waals surface area contributed by atoms with Gasteiger partial charge in [0.15, 0.2) is 11.6 Å². The fourth-order valence-corrected chi connectivity index (χ4v) is 6.74. The molecule has 3 aromatic rings. The lowest BCUT2D eigenvalue weighted by Gasteiger charge is -2.25. The normalized spacial score (nSPS) is 16.3. The number of fused-ring (bicyclic) bond motifs is 2. The molecule has 30 heavy (non-hydrogen) atoms. The van der Waals surface area contributed by atoms with E-state index >= 15 is 0 Å². The van der Waals surface area contributed by atoms with E-state index in [4.69, 9.17) is 0 Å². The van der Waals surface area contributed by atoms with Crippen LogP contribution in [0.5, 0.6) is 0 Å². The highest BCUT2D eigenvalue weighted by molar-refractivity contribution is 8.00. The quantitative estimate of drug-likeness (QED) is 0.348. The van der Waals surface area contributed by atoms with Crippen molar-refractivity contribution in [1.29, 1.82) is 0 Å². The summed E-state index contributed by atoms with van der Waals surface area (Å²) < 4.78 is 0. The highest BCUT2D eigenvalue weighted by Gasteiger charge is 2.34. The van der Waals surface area contributed by atoms with Gasteiger partial charge in [0, 0.05) is 42.2 Å². The van der Waals surface area contributed by atoms with Crippen molar-refractivity contribution in [2.75, 3.05) is 0 Å². The molecule has 0 unspecified atom stereocenters. The third kappa shape index (κ3) is 3.63. The van der Waals surface area contributed by atoms with Crippen LogP contribution in [0.4, 0.5) is 0 Å². The standard InChI is InChI=1S/C26H22O2S2/c27-25-20-14-8-16-22(30-18-11-5-2-6-12-18)24(20)26(28)19-13-7-15-21(23(19)25)29-17-9-3-1-4-10-17/h1,3-4,7-10,13-16,18H,2,5-6,11-12H2. The van der Waals surface area contributed by atoms with E-state index in [9.17, 15) is 9.59 Å². The number of thioether (sulfide) groups is 1. The molecule has 5 rings (SSSR count). The van der Waals surface area contributed by atoms with Crippen molar-refractivity contribution in [1.82, 2.24) is 0 Å². The number of rotatable bonds is 4. The highest BCUT2D eigenvalue weighted by Crippen LogP contribution is 2.42. The van der Waals surface area contributed by atoms with Crippen LogP contribution in [-0.2, 0) is 0 Å². The number of carbonyl (C=O) groups excluding carboxylic acids is 2. The van der Waals surface area contributed by atoms with Gasteiger partial charge in [-0.15, -0.1) is 11.8 Å². The van der Waals surface area contributed by atoms with Gasteiger partial charge in [0.1, 0.15) is 0 Å². The Hall–Kier alpha value is -2.30. The molecule has 0 spiro atoms. The van der Waals surface area contributed by atoms with Crippen molar-refractivity contribution in [3.8, 4) is 0 Å². The largest absolute Gasteiger partial charge is 0.289 e. The molecule has 0 heterocycles. The lowest BCUT2D eigenvalue weighted by molar-refractivity contribution is 0.0974. The molecule has 4 heteroatoms. The van der Waals surface area contributed by atoms with E-state index in [1.807, 2.05) is 60.7 Å². The molecule has 150 valence electrons. The first-order valence-electron chi connectivity index (χ1n) is 10.5. The van der Waals surface area contributed by atoms with Crippen molar-refractivity contribution in [3.63, 3.8) is 0 Å². The van der Waals surface area contributed by atoms with Gasteiger partial charge in [0.05, 0.1) is 0 Å². The summed E-state index contributed by atoms with van der Waals surface area (Å²) in [5.74, 6) is -0.0567. The minimum absolute atomic E-state index is 0.0194. The molecule has 0 radical (unpaired) electrons. The smallest absolute Gasteiger partial charge is 0.195 e. The second kappa shape index (κ2) is 8.44. The van der Waals surface area contributed by atoms with Gasteiger partial charge in [0.2, 0.25) is 0 Å². The van der Waals surface area contributed by atoms with Crippen LogP contribution < -0.4 is 0 Å². The fourth-order valence-electron chi connectivity index (χ4n) is 4.34. The third-order valence-electron chi connectivity index (χ3n) is 5.81. The van der Waals surface area contributed by atoms with Crippen LogP contribution in [0.2, 0.25) is 0 Å². The molecule has 1 fully saturated rings. The van der Waals surface area contributed by atoms with Crippen LogP contribution >= 0.6 is 23.5 Å². The summed E-state index contributed by atoms with van der Waals surface area (Å²) >= 11 is 3.33. The average molecular weight is 431 g/mol. The SMILES string of the molecule is O=C1c2cccc(SC3CCCCC3)c2C(=O)c2cccc(Sc3ccccc3)c21. The van der Waals surface area contributed by atoms with Crippen LogP contribution in [0.3, 0.4) is 0 Å². The second-order valence-corrected chi connectivity index (χ2v) is 10.3. The zero-order valence-electron chi connectivity index (χ0n) is 16.6. The molecule has 2 aliphatic rings. The van der Waals surface area contributed by atoms with E-state index in [-0.39, 0.29) is 11.6 Å². The summed E-state index contributed by atoms with van der Waals surface area (Å²) in [6.45, 7) is 0. The number of benzene rings is 3. The molecule has 0 saturated heterocycles. The van der Waals surface area contributed by atoms with Gasteiger partial charge < -0.3 is 0 Å². The Morgan fingerprint density at radius 1 is 0.633 bits per heavy atom. The van der Waals surface area contributed by atoms with Gasteiger partial charge in [-0.1, -0.05) is 73.5 Å². The van der Waals surface area contributed by atoms with Crippen LogP contribution in [0.25, 0.3) is 0 Å². The van der Waals surface area contributed by atoms with E-state index in [1.165, 1.54) is 43.9 Å². The summed E-state index contributed by atoms with van der Waals surface area (Å²) in [4.78, 5) is 29.9. The number of hydrogen-bond acceptors (Lipinski definition) is 4. The average Bonchev–Trinajstić information content (AvgIpc) is 2.79. The summed E-state index contributed by atoms with van der Waals surface area (Å²) in [5.41, 5.74) is 2.23. The lowest BCUT2D eigenvalue weighted by Crippen LogP contribution is -2.23. The Morgan fingerprint density at radius 3 is 1.90 bits per heavy atom. The van der Waals surface area contributed by atoms with Crippen molar-refractivity contribution < 1.29 is 9.59 Å². The Kier molecular flexibility index (Phi) is 5.53. The molecule has 2 nitrogen and oxygen atoms in total. The first-order valence-corrected chi connectivity index (χ1v) is 12.2. The second-order valence-electron chi connectivity index (χ2n) is 7.81. The molecule has 2 aliphatic carbocycles. The molecule has 0 atom stereocenters. The van der Waals surface area contributed by atoms with Gasteiger partial charge in [0.25, 0.3) is 0 Å². The Bertz CT molecular complexity index is 1120. The van der Waals surface area contributed by atoms with Gasteiger partial charge >= 0.3 is 0 Å². The number of hydrogen-bond donors (Lipinski definition) is 0. The van der Waals surface area contributed by atoms with Crippen molar-refractivity contribution in [2.24, 2.45) is 0 Å². The van der Waals surface area contributed by atoms with Crippen LogP contribution in [-0.4, -0.2) is 16.8 Å². The van der Waals surface area contributed by atoms with Gasteiger partial charge in [-0.05, 0) is 37.1 Å². The number of ketones is 2. The van der Waals surface area contributed by atoms with Gasteiger partial charge in [-0.25, -0.2) is 0 Å². The topological polar surface area (TPSA) is 34.1 Å². The van der Waals surface area contributed by atoms with Crippen LogP contribution in [0.15, 0.2) is 81.4 Å². The summed E-state index contributed by atoms with van der Waals surface area (Å²) in [7, 11) is 0. The monoisotopic (exact) mass is 430 g/mol. The Balaban J connectivity index is 1.54. The fraction of sp³-hybridized carbons (Fsp3) is 0.231. The molecule has 0 aliphatic heterocycles. The first-order chi connectivity index (χ1) is 14.7. The molecule has 0 aromatic heterocycles. The van der Waals surface area contributed by atoms with Crippen molar-refractivity contribution >= 4 is 35.1 Å². The van der Waals surface area contributed by atoms with Crippen molar-refractivity contribution in [3.05, 3.63) is 89.0 Å². The Labute approximate surface area is 185 Å². The zero-order valence-corrected chi connectivity index (χ0v) is 18.2. The summed E-state index contributed by atoms with van der Waals surface area (Å²) in [5, 5.41) is 0.537. The molecule has 3 aromatic carbocycles. The predicted molar refractivity (Wildman–Crippen MR) is 123 cm³/mol. The van der Waals surface area contributed by atoms with E-state index < -0.39 is 0 Å². The molecular formula is C26H22O2S2.